The summed E-state index contributed by atoms with van der Waals surface area (Å²) >= 11 is 1.59. The van der Waals surface area contributed by atoms with Crippen LogP contribution in [0.15, 0.2) is 17.8 Å². The van der Waals surface area contributed by atoms with Gasteiger partial charge in [0, 0.05) is 24.3 Å². The third-order valence-electron chi connectivity index (χ3n) is 3.69. The van der Waals surface area contributed by atoms with Gasteiger partial charge in [0.25, 0.3) is 0 Å². The molecule has 2 aromatic heterocycles. The van der Waals surface area contributed by atoms with Crippen molar-refractivity contribution in [2.45, 2.75) is 32.2 Å². The van der Waals surface area contributed by atoms with Gasteiger partial charge in [0.15, 0.2) is 0 Å². The fraction of sp³-hybridized carbons (Fsp3) is 0.438. The highest BCUT2D eigenvalue weighted by Gasteiger charge is 2.23. The molecule has 122 valence electrons. The molecule has 23 heavy (non-hydrogen) atoms. The number of piperidine rings is 1. The Morgan fingerprint density at radius 1 is 1.30 bits per heavy atom. The Labute approximate surface area is 146 Å². The van der Waals surface area contributed by atoms with Gasteiger partial charge in [-0.05, 0) is 32.1 Å². The first kappa shape index (κ1) is 17.7. The summed E-state index contributed by atoms with van der Waals surface area (Å²) in [7, 11) is 0. The monoisotopic (exact) mass is 349 g/mol. The van der Waals surface area contributed by atoms with Gasteiger partial charge in [-0.1, -0.05) is 5.92 Å². The van der Waals surface area contributed by atoms with E-state index in [0.717, 1.165) is 42.1 Å². The first-order valence-corrected chi connectivity index (χ1v) is 8.28. The lowest BCUT2D eigenvalue weighted by Gasteiger charge is -2.34. The van der Waals surface area contributed by atoms with Crippen molar-refractivity contribution in [2.24, 2.45) is 0 Å². The van der Waals surface area contributed by atoms with Crippen LogP contribution in [0.5, 0.6) is 0 Å². The SMILES string of the molecule is Cc1nc(C#Cc2cnc(N3CCCCC3CO)nc2)cs1.[Cl-]. The lowest BCUT2D eigenvalue weighted by molar-refractivity contribution is -0.00000563. The molecule has 0 radical (unpaired) electrons. The summed E-state index contributed by atoms with van der Waals surface area (Å²) in [6.07, 6.45) is 6.72. The lowest BCUT2D eigenvalue weighted by Crippen LogP contribution is -3.00. The summed E-state index contributed by atoms with van der Waals surface area (Å²) in [4.78, 5) is 15.2. The summed E-state index contributed by atoms with van der Waals surface area (Å²) in [6.45, 7) is 3.01. The van der Waals surface area contributed by atoms with Crippen LogP contribution in [-0.4, -0.2) is 39.3 Å². The fourth-order valence-corrected chi connectivity index (χ4v) is 3.09. The van der Waals surface area contributed by atoms with Crippen LogP contribution in [0.2, 0.25) is 0 Å². The maximum Gasteiger partial charge on any atom is 0.225 e. The molecule has 1 aliphatic heterocycles. The quantitative estimate of drug-likeness (QED) is 0.704. The predicted molar refractivity (Wildman–Crippen MR) is 86.9 cm³/mol. The molecule has 3 rings (SSSR count). The largest absolute Gasteiger partial charge is 1.00 e. The topological polar surface area (TPSA) is 62.1 Å². The number of thiazole rings is 1. The first-order chi connectivity index (χ1) is 10.8. The molecular formula is C16H18ClN4OS-. The molecule has 0 bridgehead atoms. The molecule has 0 aromatic carbocycles. The molecule has 3 heterocycles. The molecule has 1 N–H and O–H groups in total. The van der Waals surface area contributed by atoms with Gasteiger partial charge in [0.2, 0.25) is 5.95 Å². The fourth-order valence-electron chi connectivity index (χ4n) is 2.54. The van der Waals surface area contributed by atoms with Crippen molar-refractivity contribution in [3.8, 4) is 11.8 Å². The zero-order valence-electron chi connectivity index (χ0n) is 12.9. The number of hydrogen-bond donors (Lipinski definition) is 1. The normalized spacial score (nSPS) is 17.1. The van der Waals surface area contributed by atoms with Crippen LogP contribution >= 0.6 is 11.3 Å². The molecule has 0 spiro atoms. The molecule has 1 saturated heterocycles. The molecule has 5 nitrogen and oxygen atoms in total. The molecule has 0 saturated carbocycles. The van der Waals surface area contributed by atoms with Crippen molar-refractivity contribution in [2.75, 3.05) is 18.1 Å². The van der Waals surface area contributed by atoms with Crippen molar-refractivity contribution in [1.82, 2.24) is 15.0 Å². The Morgan fingerprint density at radius 2 is 2.09 bits per heavy atom. The van der Waals surface area contributed by atoms with E-state index < -0.39 is 0 Å². The lowest BCUT2D eigenvalue weighted by atomic mass is 10.0. The van der Waals surface area contributed by atoms with E-state index in [9.17, 15) is 5.11 Å². The van der Waals surface area contributed by atoms with Gasteiger partial charge in [-0.15, -0.1) is 11.3 Å². The van der Waals surface area contributed by atoms with Crippen LogP contribution < -0.4 is 17.3 Å². The standard InChI is InChI=1S/C16H18N4OS.ClH/c1-12-19-14(11-22-12)6-5-13-8-17-16(18-9-13)20-7-3-2-4-15(20)10-21;/h8-9,11,15,21H,2-4,7,10H2,1H3;1H/p-1. The Bertz CT molecular complexity index is 692. The van der Waals surface area contributed by atoms with E-state index in [1.165, 1.54) is 0 Å². The summed E-state index contributed by atoms with van der Waals surface area (Å²) in [6, 6.07) is 0.128. The number of aryl methyl sites for hydroxylation is 1. The molecule has 1 fully saturated rings. The molecule has 0 amide bonds. The highest BCUT2D eigenvalue weighted by Crippen LogP contribution is 2.21. The van der Waals surface area contributed by atoms with Crippen molar-refractivity contribution in [1.29, 1.82) is 0 Å². The molecule has 1 unspecified atom stereocenters. The minimum absolute atomic E-state index is 0. The van der Waals surface area contributed by atoms with Gasteiger partial charge >= 0.3 is 0 Å². The summed E-state index contributed by atoms with van der Waals surface area (Å²) in [5.74, 6) is 6.72. The van der Waals surface area contributed by atoms with Crippen LogP contribution in [0.3, 0.4) is 0 Å². The van der Waals surface area contributed by atoms with Crippen LogP contribution in [0.4, 0.5) is 5.95 Å². The van der Waals surface area contributed by atoms with Gasteiger partial charge in [-0.25, -0.2) is 15.0 Å². The first-order valence-electron chi connectivity index (χ1n) is 7.40. The average molecular weight is 350 g/mol. The zero-order chi connectivity index (χ0) is 15.4. The number of rotatable bonds is 2. The van der Waals surface area contributed by atoms with Gasteiger partial charge in [0.05, 0.1) is 23.2 Å². The highest BCUT2D eigenvalue weighted by molar-refractivity contribution is 7.09. The van der Waals surface area contributed by atoms with Gasteiger partial charge in [-0.3, -0.25) is 0 Å². The zero-order valence-corrected chi connectivity index (χ0v) is 14.4. The Morgan fingerprint density at radius 3 is 2.74 bits per heavy atom. The number of nitrogens with zero attached hydrogens (tertiary/aromatic N) is 4. The van der Waals surface area contributed by atoms with Gasteiger partial charge < -0.3 is 22.4 Å². The number of aliphatic hydroxyl groups excluding tert-OH is 1. The molecule has 1 atom stereocenters. The highest BCUT2D eigenvalue weighted by atomic mass is 35.5. The van der Waals surface area contributed by atoms with E-state index in [2.05, 4.69) is 31.7 Å². The second-order valence-electron chi connectivity index (χ2n) is 5.30. The number of halogens is 1. The van der Waals surface area contributed by atoms with Crippen molar-refractivity contribution in [3.63, 3.8) is 0 Å². The van der Waals surface area contributed by atoms with E-state index >= 15 is 0 Å². The minimum atomic E-state index is 0. The molecule has 7 heteroatoms. The van der Waals surface area contributed by atoms with Crippen LogP contribution in [-0.2, 0) is 0 Å². The van der Waals surface area contributed by atoms with E-state index in [1.807, 2.05) is 12.3 Å². The average Bonchev–Trinajstić information content (AvgIpc) is 2.99. The maximum absolute atomic E-state index is 9.46. The van der Waals surface area contributed by atoms with Gasteiger partial charge in [0.1, 0.15) is 5.69 Å². The minimum Gasteiger partial charge on any atom is -1.00 e. The van der Waals surface area contributed by atoms with E-state index in [1.54, 1.807) is 23.7 Å². The van der Waals surface area contributed by atoms with Crippen molar-refractivity contribution in [3.05, 3.63) is 34.0 Å². The number of anilines is 1. The van der Waals surface area contributed by atoms with E-state index in [-0.39, 0.29) is 25.1 Å². The molecule has 2 aromatic rings. The Balaban J connectivity index is 0.00000192. The molecular weight excluding hydrogens is 332 g/mol. The summed E-state index contributed by atoms with van der Waals surface area (Å²) in [5, 5.41) is 12.4. The Hall–Kier alpha value is -1.68. The maximum atomic E-state index is 9.46. The molecule has 1 aliphatic rings. The Kier molecular flexibility index (Phi) is 6.34. The van der Waals surface area contributed by atoms with Crippen molar-refractivity contribution < 1.29 is 17.5 Å². The van der Waals surface area contributed by atoms with Crippen LogP contribution in [0.25, 0.3) is 0 Å². The number of aliphatic hydroxyl groups is 1. The van der Waals surface area contributed by atoms with Crippen LogP contribution in [0, 0.1) is 18.8 Å². The number of aromatic nitrogens is 3. The van der Waals surface area contributed by atoms with Crippen molar-refractivity contribution >= 4 is 17.3 Å². The van der Waals surface area contributed by atoms with E-state index in [4.69, 9.17) is 0 Å². The summed E-state index contributed by atoms with van der Waals surface area (Å²) < 4.78 is 0. The summed E-state index contributed by atoms with van der Waals surface area (Å²) in [5.41, 5.74) is 1.55. The third kappa shape index (κ3) is 4.41. The smallest absolute Gasteiger partial charge is 0.225 e. The second-order valence-corrected chi connectivity index (χ2v) is 6.36. The van der Waals surface area contributed by atoms with Gasteiger partial charge in [-0.2, -0.15) is 0 Å². The molecule has 0 aliphatic carbocycles. The third-order valence-corrected chi connectivity index (χ3v) is 4.46. The predicted octanol–water partition coefficient (Wildman–Crippen LogP) is -1.00. The van der Waals surface area contributed by atoms with E-state index in [0.29, 0.717) is 5.95 Å². The van der Waals surface area contributed by atoms with Crippen LogP contribution in [0.1, 0.15) is 35.5 Å². The second kappa shape index (κ2) is 8.25. The number of hydrogen-bond acceptors (Lipinski definition) is 6.